The number of hydrogen-bond acceptors (Lipinski definition) is 1. The van der Waals surface area contributed by atoms with E-state index in [2.05, 4.69) is 6.92 Å². The normalized spacial score (nSPS) is 11.0. The van der Waals surface area contributed by atoms with Gasteiger partial charge in [0.05, 0.1) is 5.56 Å². The number of nitrogens with two attached hydrogens (primary N) is 1. The molecule has 5 heteroatoms. The van der Waals surface area contributed by atoms with Crippen molar-refractivity contribution in [2.45, 2.75) is 46.1 Å². The van der Waals surface area contributed by atoms with Gasteiger partial charge in [-0.15, -0.1) is 0 Å². The summed E-state index contributed by atoms with van der Waals surface area (Å²) in [7, 11) is 0. The number of carbonyl (C=O) groups is 1. The van der Waals surface area contributed by atoms with E-state index in [1.165, 1.54) is 6.07 Å². The van der Waals surface area contributed by atoms with Crippen LogP contribution in [0.5, 0.6) is 0 Å². The summed E-state index contributed by atoms with van der Waals surface area (Å²) in [6.45, 7) is 4.34. The number of hydrogen-bond donors (Lipinski definition) is 1. The SMILES string of the molecule is CCCCCc1c(-c2ccccc2)c(C(N)=O)c(C)n1Cc1ccc(F)c(F)c1. The van der Waals surface area contributed by atoms with E-state index >= 15 is 0 Å². The van der Waals surface area contributed by atoms with Crippen LogP contribution in [0.3, 0.4) is 0 Å². The van der Waals surface area contributed by atoms with Crippen molar-refractivity contribution in [1.82, 2.24) is 4.57 Å². The van der Waals surface area contributed by atoms with E-state index in [9.17, 15) is 13.6 Å². The molecule has 0 spiro atoms. The third kappa shape index (κ3) is 4.39. The highest BCUT2D eigenvalue weighted by Crippen LogP contribution is 2.34. The van der Waals surface area contributed by atoms with Crippen LogP contribution >= 0.6 is 0 Å². The molecule has 0 atom stereocenters. The maximum atomic E-state index is 13.8. The van der Waals surface area contributed by atoms with Gasteiger partial charge in [0.2, 0.25) is 0 Å². The number of rotatable bonds is 8. The van der Waals surface area contributed by atoms with Gasteiger partial charge in [0.1, 0.15) is 0 Å². The Morgan fingerprint density at radius 2 is 1.76 bits per heavy atom. The molecule has 0 radical (unpaired) electrons. The Labute approximate surface area is 170 Å². The van der Waals surface area contributed by atoms with Crippen LogP contribution in [0.25, 0.3) is 11.1 Å². The summed E-state index contributed by atoms with van der Waals surface area (Å²) in [5, 5.41) is 0. The number of amides is 1. The molecule has 3 rings (SSSR count). The lowest BCUT2D eigenvalue weighted by Gasteiger charge is -2.14. The van der Waals surface area contributed by atoms with Gasteiger partial charge in [-0.3, -0.25) is 4.79 Å². The number of carbonyl (C=O) groups excluding carboxylic acids is 1. The van der Waals surface area contributed by atoms with Crippen molar-refractivity contribution in [2.24, 2.45) is 5.73 Å². The number of primary amides is 1. The van der Waals surface area contributed by atoms with E-state index in [-0.39, 0.29) is 0 Å². The quantitative estimate of drug-likeness (QED) is 0.494. The Kier molecular flexibility index (Phi) is 6.47. The molecule has 3 aromatic rings. The van der Waals surface area contributed by atoms with Crippen LogP contribution in [0.2, 0.25) is 0 Å². The fourth-order valence-electron chi connectivity index (χ4n) is 3.85. The molecule has 2 N–H and O–H groups in total. The zero-order valence-electron chi connectivity index (χ0n) is 16.8. The minimum atomic E-state index is -0.877. The van der Waals surface area contributed by atoms with E-state index in [1.807, 2.05) is 41.8 Å². The molecular weight excluding hydrogens is 370 g/mol. The average Bonchev–Trinajstić information content (AvgIpc) is 2.98. The van der Waals surface area contributed by atoms with Crippen LogP contribution in [-0.4, -0.2) is 10.5 Å². The van der Waals surface area contributed by atoms with E-state index in [4.69, 9.17) is 5.73 Å². The summed E-state index contributed by atoms with van der Waals surface area (Å²) in [5.41, 5.74) is 10.4. The van der Waals surface area contributed by atoms with Gasteiger partial charge in [0, 0.05) is 23.5 Å². The van der Waals surface area contributed by atoms with Crippen molar-refractivity contribution in [3.05, 3.63) is 82.7 Å². The highest BCUT2D eigenvalue weighted by molar-refractivity contribution is 6.02. The highest BCUT2D eigenvalue weighted by atomic mass is 19.2. The largest absolute Gasteiger partial charge is 0.366 e. The van der Waals surface area contributed by atoms with Crippen LogP contribution in [0, 0.1) is 18.6 Å². The maximum absolute atomic E-state index is 13.8. The highest BCUT2D eigenvalue weighted by Gasteiger charge is 2.24. The van der Waals surface area contributed by atoms with Crippen molar-refractivity contribution >= 4 is 5.91 Å². The molecular formula is C24H26F2N2O. The summed E-state index contributed by atoms with van der Waals surface area (Å²) < 4.78 is 29.1. The van der Waals surface area contributed by atoms with Gasteiger partial charge in [0.25, 0.3) is 5.91 Å². The third-order valence-corrected chi connectivity index (χ3v) is 5.28. The summed E-state index contributed by atoms with van der Waals surface area (Å²) >= 11 is 0. The molecule has 0 fully saturated rings. The van der Waals surface area contributed by atoms with Crippen LogP contribution in [0.15, 0.2) is 48.5 Å². The van der Waals surface area contributed by atoms with E-state index in [1.54, 1.807) is 6.07 Å². The molecule has 3 nitrogen and oxygen atoms in total. The summed E-state index contributed by atoms with van der Waals surface area (Å²) in [4.78, 5) is 12.4. The minimum Gasteiger partial charge on any atom is -0.366 e. The molecule has 29 heavy (non-hydrogen) atoms. The van der Waals surface area contributed by atoms with Crippen molar-refractivity contribution in [3.63, 3.8) is 0 Å². The molecule has 0 saturated carbocycles. The predicted octanol–water partition coefficient (Wildman–Crippen LogP) is 5.62. The van der Waals surface area contributed by atoms with Gasteiger partial charge in [-0.1, -0.05) is 56.2 Å². The molecule has 0 bridgehead atoms. The molecule has 0 aliphatic heterocycles. The topological polar surface area (TPSA) is 48.0 Å². The first-order valence-electron chi connectivity index (χ1n) is 9.95. The van der Waals surface area contributed by atoms with Crippen molar-refractivity contribution < 1.29 is 13.6 Å². The molecule has 0 unspecified atom stereocenters. The first kappa shape index (κ1) is 20.8. The number of benzene rings is 2. The van der Waals surface area contributed by atoms with Crippen LogP contribution in [0.4, 0.5) is 8.78 Å². The summed E-state index contributed by atoms with van der Waals surface area (Å²) in [6, 6.07) is 13.6. The number of nitrogens with zero attached hydrogens (tertiary/aromatic N) is 1. The van der Waals surface area contributed by atoms with Crippen molar-refractivity contribution in [2.75, 3.05) is 0 Å². The van der Waals surface area contributed by atoms with Gasteiger partial charge < -0.3 is 10.3 Å². The standard InChI is InChI=1S/C24H26F2N2O/c1-3-4-6-11-21-23(18-9-7-5-8-10-18)22(24(27)29)16(2)28(21)15-17-12-13-19(25)20(26)14-17/h5,7-10,12-14H,3-4,6,11,15H2,1-2H3,(H2,27,29). The van der Waals surface area contributed by atoms with Gasteiger partial charge in [0.15, 0.2) is 11.6 Å². The molecule has 0 aliphatic carbocycles. The second kappa shape index (κ2) is 9.03. The Balaban J connectivity index is 2.17. The van der Waals surface area contributed by atoms with Crippen LogP contribution in [0.1, 0.15) is 53.5 Å². The Hall–Kier alpha value is -2.95. The van der Waals surface area contributed by atoms with Crippen molar-refractivity contribution in [1.29, 1.82) is 0 Å². The predicted molar refractivity (Wildman–Crippen MR) is 112 cm³/mol. The minimum absolute atomic E-state index is 0.345. The van der Waals surface area contributed by atoms with Crippen molar-refractivity contribution in [3.8, 4) is 11.1 Å². The number of unbranched alkanes of at least 4 members (excludes halogenated alkanes) is 2. The molecule has 152 valence electrons. The Morgan fingerprint density at radius 1 is 1.03 bits per heavy atom. The monoisotopic (exact) mass is 396 g/mol. The lowest BCUT2D eigenvalue weighted by Crippen LogP contribution is -2.13. The molecule has 1 heterocycles. The van der Waals surface area contributed by atoms with Gasteiger partial charge in [-0.2, -0.15) is 0 Å². The average molecular weight is 396 g/mol. The van der Waals surface area contributed by atoms with Gasteiger partial charge in [-0.25, -0.2) is 8.78 Å². The number of halogens is 2. The van der Waals surface area contributed by atoms with Gasteiger partial charge >= 0.3 is 0 Å². The van der Waals surface area contributed by atoms with Gasteiger partial charge in [-0.05, 0) is 43.0 Å². The smallest absolute Gasteiger partial charge is 0.251 e. The zero-order valence-corrected chi connectivity index (χ0v) is 16.8. The fraction of sp³-hybridized carbons (Fsp3) is 0.292. The summed E-state index contributed by atoms with van der Waals surface area (Å²) in [5.74, 6) is -2.23. The first-order valence-corrected chi connectivity index (χ1v) is 9.95. The maximum Gasteiger partial charge on any atom is 0.251 e. The zero-order chi connectivity index (χ0) is 21.0. The van der Waals surface area contributed by atoms with Crippen LogP contribution < -0.4 is 5.73 Å². The van der Waals surface area contributed by atoms with E-state index < -0.39 is 17.5 Å². The molecule has 0 aliphatic rings. The first-order chi connectivity index (χ1) is 13.9. The molecule has 1 amide bonds. The number of aromatic nitrogens is 1. The second-order valence-electron chi connectivity index (χ2n) is 7.30. The Bertz CT molecular complexity index is 1010. The molecule has 0 saturated heterocycles. The third-order valence-electron chi connectivity index (χ3n) is 5.28. The van der Waals surface area contributed by atoms with E-state index in [0.717, 1.165) is 54.3 Å². The lowest BCUT2D eigenvalue weighted by molar-refractivity contribution is 0.1000. The Morgan fingerprint density at radius 3 is 2.38 bits per heavy atom. The fourth-order valence-corrected chi connectivity index (χ4v) is 3.85. The molecule has 1 aromatic heterocycles. The lowest BCUT2D eigenvalue weighted by atomic mass is 9.97. The van der Waals surface area contributed by atoms with E-state index in [0.29, 0.717) is 17.7 Å². The second-order valence-corrected chi connectivity index (χ2v) is 7.30. The molecule has 2 aromatic carbocycles. The van der Waals surface area contributed by atoms with Crippen LogP contribution in [-0.2, 0) is 13.0 Å². The summed E-state index contributed by atoms with van der Waals surface area (Å²) in [6.07, 6.45) is 3.88.